The van der Waals surface area contributed by atoms with Gasteiger partial charge in [-0.3, -0.25) is 14.4 Å². The number of carboxylic acids is 1. The number of carbonyl (C=O) groups is 4. The molecule has 5 fully saturated rings. The summed E-state index contributed by atoms with van der Waals surface area (Å²) in [4.78, 5) is 51.3. The smallest absolute Gasteiger partial charge is 0.335 e. The predicted molar refractivity (Wildman–Crippen MR) is 224 cm³/mol. The highest BCUT2D eigenvalue weighted by molar-refractivity contribution is 5.93. The number of aromatic nitrogens is 3. The van der Waals surface area contributed by atoms with E-state index in [1.807, 2.05) is 30.3 Å². The summed E-state index contributed by atoms with van der Waals surface area (Å²) >= 11 is 0. The van der Waals surface area contributed by atoms with Crippen molar-refractivity contribution in [3.8, 4) is 0 Å². The minimum Gasteiger partial charge on any atom is -0.481 e. The predicted octanol–water partition coefficient (Wildman–Crippen LogP) is 8.59. The number of amides is 1. The summed E-state index contributed by atoms with van der Waals surface area (Å²) in [6, 6.07) is 9.61. The minimum atomic E-state index is -0.983. The van der Waals surface area contributed by atoms with E-state index in [2.05, 4.69) is 63.8 Å². The molecule has 7 rings (SSSR count). The van der Waals surface area contributed by atoms with Crippen molar-refractivity contribution in [1.82, 2.24) is 20.3 Å². The Morgan fingerprint density at radius 2 is 1.66 bits per heavy atom. The topological polar surface area (TPSA) is 150 Å². The second kappa shape index (κ2) is 16.0. The van der Waals surface area contributed by atoms with Crippen molar-refractivity contribution in [2.75, 3.05) is 7.11 Å². The second-order valence-corrected chi connectivity index (χ2v) is 20.2. The molecule has 10 atom stereocenters. The molecule has 2 aromatic rings. The maximum atomic E-state index is 14.8. The molecule has 0 bridgehead atoms. The Balaban J connectivity index is 1.08. The van der Waals surface area contributed by atoms with E-state index in [4.69, 9.17) is 14.6 Å². The van der Waals surface area contributed by atoms with Crippen LogP contribution in [-0.2, 0) is 41.7 Å². The average molecular weight is 811 g/mol. The van der Waals surface area contributed by atoms with Gasteiger partial charge in [-0.1, -0.05) is 82.3 Å². The van der Waals surface area contributed by atoms with Crippen LogP contribution in [0.3, 0.4) is 0 Å². The summed E-state index contributed by atoms with van der Waals surface area (Å²) in [6.07, 6.45) is 12.9. The number of aliphatic carboxylic acids is 1. The number of methoxy groups -OCH3 is 1. The molecule has 0 spiro atoms. The molecule has 2 N–H and O–H groups in total. The molecule has 320 valence electrons. The number of allylic oxidation sites excluding steroid dienone is 1. The van der Waals surface area contributed by atoms with Crippen LogP contribution in [0, 0.1) is 56.7 Å². The molecule has 0 aliphatic heterocycles. The first-order valence-corrected chi connectivity index (χ1v) is 22.0. The Bertz CT molecular complexity index is 1990. The number of carbonyl (C=O) groups excluding carboxylic acids is 3. The van der Waals surface area contributed by atoms with Crippen LogP contribution in [0.5, 0.6) is 0 Å². The monoisotopic (exact) mass is 810 g/mol. The highest BCUT2D eigenvalue weighted by atomic mass is 16.5. The molecule has 5 saturated carbocycles. The van der Waals surface area contributed by atoms with Gasteiger partial charge in [-0.25, -0.2) is 9.48 Å². The zero-order chi connectivity index (χ0) is 42.5. The summed E-state index contributed by atoms with van der Waals surface area (Å²) in [5.74, 6) is 0.0662. The lowest BCUT2D eigenvalue weighted by molar-refractivity contribution is -0.249. The van der Waals surface area contributed by atoms with E-state index in [0.717, 1.165) is 69.8 Å². The van der Waals surface area contributed by atoms with Gasteiger partial charge in [0.15, 0.2) is 0 Å². The number of fused-ring (bicyclic) bond motifs is 7. The maximum absolute atomic E-state index is 14.8. The van der Waals surface area contributed by atoms with Crippen molar-refractivity contribution < 1.29 is 33.8 Å². The normalized spacial score (nSPS) is 35.9. The van der Waals surface area contributed by atoms with Gasteiger partial charge in [0.05, 0.1) is 50.2 Å². The summed E-state index contributed by atoms with van der Waals surface area (Å²) in [5, 5.41) is 21.1. The van der Waals surface area contributed by atoms with Gasteiger partial charge in [0.2, 0.25) is 5.91 Å². The number of ether oxygens (including phenoxy) is 2. The van der Waals surface area contributed by atoms with Crippen LogP contribution < -0.4 is 5.32 Å². The lowest BCUT2D eigenvalue weighted by Gasteiger charge is -2.72. The van der Waals surface area contributed by atoms with Gasteiger partial charge >= 0.3 is 17.9 Å². The molecule has 1 heterocycles. The highest BCUT2D eigenvalue weighted by Crippen LogP contribution is 2.77. The zero-order valence-electron chi connectivity index (χ0n) is 36.4. The van der Waals surface area contributed by atoms with Gasteiger partial charge in [0.1, 0.15) is 11.8 Å². The Kier molecular flexibility index (Phi) is 11.6. The van der Waals surface area contributed by atoms with Crippen LogP contribution in [0.4, 0.5) is 0 Å². The first-order chi connectivity index (χ1) is 27.9. The molecule has 1 aromatic carbocycles. The Morgan fingerprint density at radius 3 is 2.36 bits per heavy atom. The lowest BCUT2D eigenvalue weighted by atomic mass is 9.32. The van der Waals surface area contributed by atoms with E-state index in [9.17, 15) is 19.2 Å². The summed E-state index contributed by atoms with van der Waals surface area (Å²) in [7, 11) is 1.37. The number of nitrogens with one attached hydrogen (secondary N) is 1. The fraction of sp³-hybridized carbons (Fsp3) is 0.667. The van der Waals surface area contributed by atoms with Crippen LogP contribution >= 0.6 is 0 Å². The largest absolute Gasteiger partial charge is 0.481 e. The number of nitrogens with zero attached hydrogens (tertiary/aromatic N) is 3. The molecule has 5 aliphatic carbocycles. The lowest BCUT2D eigenvalue weighted by Crippen LogP contribution is -2.67. The van der Waals surface area contributed by atoms with Gasteiger partial charge < -0.3 is 19.9 Å². The van der Waals surface area contributed by atoms with Gasteiger partial charge in [-0.2, -0.15) is 0 Å². The van der Waals surface area contributed by atoms with E-state index in [1.54, 1.807) is 17.0 Å². The van der Waals surface area contributed by atoms with Crippen LogP contribution in [0.25, 0.3) is 6.08 Å². The zero-order valence-corrected chi connectivity index (χ0v) is 36.4. The Hall–Kier alpha value is -4.28. The maximum Gasteiger partial charge on any atom is 0.335 e. The third-order valence-corrected chi connectivity index (χ3v) is 17.2. The molecule has 1 amide bonds. The fourth-order valence-electron chi connectivity index (χ4n) is 14.2. The van der Waals surface area contributed by atoms with Crippen molar-refractivity contribution >= 4 is 29.9 Å². The fourth-order valence-corrected chi connectivity index (χ4v) is 14.2. The molecule has 0 saturated heterocycles. The van der Waals surface area contributed by atoms with Crippen LogP contribution in [0.2, 0.25) is 0 Å². The standard InChI is InChI=1S/C48H66N4O7/c1-30(2)34-18-23-48(43(57)49-27-33-29-52(51-50-33)28-32(42(56)58-8)26-31-12-10-9-11-13-31)25-24-46(6)35(41(34)48)14-15-37-45(5)21-20-38(59-40(55)17-16-39(53)54)44(3,4)36(45)19-22-47(37,46)7/h9-13,26,29,34-38,41H,1,14-25,27-28H2,2-8H3,(H,49,57)(H,53,54)/b32-26+/t34-,35+,36-,37+,38-,41+,45-,46+,47+,48-/m0/s1. The number of rotatable bonds is 12. The molecule has 0 unspecified atom stereocenters. The molecule has 59 heavy (non-hydrogen) atoms. The number of hydrogen-bond acceptors (Lipinski definition) is 8. The number of esters is 2. The van der Waals surface area contributed by atoms with Gasteiger partial charge in [-0.05, 0) is 129 Å². The third kappa shape index (κ3) is 7.36. The van der Waals surface area contributed by atoms with E-state index in [-0.39, 0.29) is 71.4 Å². The van der Waals surface area contributed by atoms with E-state index in [0.29, 0.717) is 29.0 Å². The third-order valence-electron chi connectivity index (χ3n) is 17.2. The molecule has 11 nitrogen and oxygen atoms in total. The summed E-state index contributed by atoms with van der Waals surface area (Å²) < 4.78 is 12.7. The van der Waals surface area contributed by atoms with Crippen molar-refractivity contribution in [3.05, 3.63) is 65.5 Å². The van der Waals surface area contributed by atoms with Gasteiger partial charge in [0.25, 0.3) is 0 Å². The molecular formula is C48H66N4O7. The SMILES string of the molecule is C=C(C)[C@@H]1CC[C@]2(C(=O)NCc3cn(C/C(=C\c4ccccc4)C(=O)OC)nn3)CC[C@]3(C)[C@H](CC[C@@H]4[C@@]5(C)CC[C@H](OC(=O)CCC(=O)O)C(C)(C)[C@@H]5CC[C@]43C)[C@@H]12. The summed E-state index contributed by atoms with van der Waals surface area (Å²) in [5.41, 5.74) is 2.66. The minimum absolute atomic E-state index is 0.0496. The van der Waals surface area contributed by atoms with E-state index in [1.165, 1.54) is 12.7 Å². The van der Waals surface area contributed by atoms with Crippen LogP contribution in [0.1, 0.15) is 130 Å². The summed E-state index contributed by atoms with van der Waals surface area (Å²) in [6.45, 7) is 19.3. The van der Waals surface area contributed by atoms with Crippen LogP contribution in [-0.4, -0.2) is 57.1 Å². The molecule has 0 radical (unpaired) electrons. The number of hydrogen-bond donors (Lipinski definition) is 2. The van der Waals surface area contributed by atoms with Crippen molar-refractivity contribution in [2.24, 2.45) is 56.7 Å². The highest BCUT2D eigenvalue weighted by Gasteiger charge is 2.72. The second-order valence-electron chi connectivity index (χ2n) is 20.2. The molecule has 11 heteroatoms. The van der Waals surface area contributed by atoms with Gasteiger partial charge in [-0.15, -0.1) is 5.10 Å². The molecule has 5 aliphatic rings. The van der Waals surface area contributed by atoms with Crippen LogP contribution in [0.15, 0.2) is 54.3 Å². The van der Waals surface area contributed by atoms with E-state index < -0.39 is 23.3 Å². The van der Waals surface area contributed by atoms with Gasteiger partial charge in [0, 0.05) is 5.41 Å². The number of carboxylic acid groups (broad SMARTS) is 1. The van der Waals surface area contributed by atoms with Crippen molar-refractivity contribution in [2.45, 2.75) is 138 Å². The first kappa shape index (κ1) is 42.8. The molecular weight excluding hydrogens is 745 g/mol. The number of benzene rings is 1. The Labute approximate surface area is 350 Å². The van der Waals surface area contributed by atoms with Crippen molar-refractivity contribution in [1.29, 1.82) is 0 Å². The Morgan fingerprint density at radius 1 is 0.915 bits per heavy atom. The van der Waals surface area contributed by atoms with E-state index >= 15 is 0 Å². The quantitative estimate of drug-likeness (QED) is 0.122. The first-order valence-electron chi connectivity index (χ1n) is 22.0. The molecule has 1 aromatic heterocycles. The average Bonchev–Trinajstić information content (AvgIpc) is 3.83. The van der Waals surface area contributed by atoms with Crippen molar-refractivity contribution in [3.63, 3.8) is 0 Å².